The summed E-state index contributed by atoms with van der Waals surface area (Å²) in [5, 5.41) is 12.8. The number of halogens is 2. The number of hydrogen-bond acceptors (Lipinski definition) is 4. The van der Waals surface area contributed by atoms with Gasteiger partial charge in [0.2, 0.25) is 11.8 Å². The van der Waals surface area contributed by atoms with E-state index in [9.17, 15) is 19.1 Å². The highest BCUT2D eigenvalue weighted by molar-refractivity contribution is 6.31. The number of anilines is 1. The second-order valence-electron chi connectivity index (χ2n) is 6.62. The molecule has 2 amide bonds. The van der Waals surface area contributed by atoms with E-state index in [2.05, 4.69) is 5.32 Å². The number of carbonyl (C=O) groups excluding carboxylic acids is 2. The summed E-state index contributed by atoms with van der Waals surface area (Å²) >= 11 is 5.83. The van der Waals surface area contributed by atoms with Crippen molar-refractivity contribution in [3.05, 3.63) is 29.0 Å². The first kappa shape index (κ1) is 17.9. The second kappa shape index (κ2) is 7.17. The predicted molar refractivity (Wildman–Crippen MR) is 92.0 cm³/mol. The molecule has 2 fully saturated rings. The maximum Gasteiger partial charge on any atom is 0.243 e. The fraction of sp³-hybridized carbons (Fsp3) is 0.529. The summed E-state index contributed by atoms with van der Waals surface area (Å²) in [5.74, 6) is -0.917. The van der Waals surface area contributed by atoms with Crippen LogP contribution in [0.5, 0.6) is 0 Å². The summed E-state index contributed by atoms with van der Waals surface area (Å²) in [6.07, 6.45) is 0.340. The molecular weight excluding hydrogens is 349 g/mol. The van der Waals surface area contributed by atoms with Gasteiger partial charge in [0.1, 0.15) is 11.9 Å². The Labute approximate surface area is 150 Å². The van der Waals surface area contributed by atoms with Crippen LogP contribution < -0.4 is 10.2 Å². The van der Waals surface area contributed by atoms with Crippen LogP contribution in [0.1, 0.15) is 19.8 Å². The van der Waals surface area contributed by atoms with E-state index in [0.717, 1.165) is 18.7 Å². The fourth-order valence-corrected chi connectivity index (χ4v) is 3.68. The van der Waals surface area contributed by atoms with Crippen LogP contribution in [-0.2, 0) is 9.59 Å². The van der Waals surface area contributed by atoms with Gasteiger partial charge in [-0.25, -0.2) is 4.39 Å². The van der Waals surface area contributed by atoms with Gasteiger partial charge in [-0.3, -0.25) is 9.59 Å². The van der Waals surface area contributed by atoms with E-state index in [0.29, 0.717) is 6.54 Å². The lowest BCUT2D eigenvalue weighted by Crippen LogP contribution is -2.48. The van der Waals surface area contributed by atoms with Crippen LogP contribution in [0.2, 0.25) is 5.02 Å². The van der Waals surface area contributed by atoms with Crippen molar-refractivity contribution in [3.63, 3.8) is 0 Å². The van der Waals surface area contributed by atoms with Gasteiger partial charge >= 0.3 is 0 Å². The van der Waals surface area contributed by atoms with Crippen LogP contribution in [0.4, 0.5) is 10.1 Å². The van der Waals surface area contributed by atoms with E-state index in [1.807, 2.05) is 4.90 Å². The first-order chi connectivity index (χ1) is 11.8. The van der Waals surface area contributed by atoms with Crippen molar-refractivity contribution in [2.24, 2.45) is 0 Å². The Kier molecular flexibility index (Phi) is 5.15. The maximum atomic E-state index is 13.3. The topological polar surface area (TPSA) is 72.9 Å². The summed E-state index contributed by atoms with van der Waals surface area (Å²) < 4.78 is 13.3. The van der Waals surface area contributed by atoms with E-state index >= 15 is 0 Å². The van der Waals surface area contributed by atoms with Gasteiger partial charge in [-0.2, -0.15) is 0 Å². The van der Waals surface area contributed by atoms with Gasteiger partial charge in [-0.05, 0) is 24.6 Å². The zero-order valence-electron chi connectivity index (χ0n) is 13.9. The first-order valence-corrected chi connectivity index (χ1v) is 8.68. The minimum atomic E-state index is -0.666. The highest BCUT2D eigenvalue weighted by Crippen LogP contribution is 2.26. The number of aliphatic hydroxyl groups excluding tert-OH is 1. The van der Waals surface area contributed by atoms with Gasteiger partial charge in [0.15, 0.2) is 0 Å². The Morgan fingerprint density at radius 3 is 2.80 bits per heavy atom. The minimum absolute atomic E-state index is 0.0668. The van der Waals surface area contributed by atoms with E-state index < -0.39 is 18.0 Å². The minimum Gasteiger partial charge on any atom is -0.391 e. The number of β-amino-alcohol motifs (C(OH)–C–C–N with tert-alkyl or cyclic N) is 1. The lowest BCUT2D eigenvalue weighted by Gasteiger charge is -2.24. The molecule has 1 aromatic rings. The van der Waals surface area contributed by atoms with Crippen LogP contribution >= 0.6 is 11.6 Å². The molecule has 3 rings (SSSR count). The molecule has 0 aliphatic carbocycles. The molecule has 0 spiro atoms. The van der Waals surface area contributed by atoms with Crippen molar-refractivity contribution in [1.82, 2.24) is 10.2 Å². The van der Waals surface area contributed by atoms with E-state index in [4.69, 9.17) is 11.6 Å². The van der Waals surface area contributed by atoms with Gasteiger partial charge in [-0.1, -0.05) is 11.6 Å². The van der Waals surface area contributed by atoms with Gasteiger partial charge in [0, 0.05) is 44.7 Å². The summed E-state index contributed by atoms with van der Waals surface area (Å²) in [6.45, 7) is 2.89. The first-order valence-electron chi connectivity index (χ1n) is 8.31. The van der Waals surface area contributed by atoms with Crippen LogP contribution in [0.15, 0.2) is 18.2 Å². The number of nitrogens with zero attached hydrogens (tertiary/aromatic N) is 2. The average Bonchev–Trinajstić information content (AvgIpc) is 3.16. The summed E-state index contributed by atoms with van der Waals surface area (Å²) in [4.78, 5) is 27.6. The van der Waals surface area contributed by atoms with Crippen molar-refractivity contribution in [2.75, 3.05) is 24.5 Å². The molecule has 1 aromatic carbocycles. The van der Waals surface area contributed by atoms with Crippen LogP contribution in [0, 0.1) is 5.82 Å². The number of benzene rings is 1. The summed E-state index contributed by atoms with van der Waals surface area (Å²) in [6, 6.07) is 3.88. The zero-order valence-corrected chi connectivity index (χ0v) is 14.7. The smallest absolute Gasteiger partial charge is 0.243 e. The molecular formula is C17H21ClFN3O3. The number of amides is 2. The highest BCUT2D eigenvalue weighted by Gasteiger charge is 2.38. The number of hydrogen-bond donors (Lipinski definition) is 2. The molecule has 8 heteroatoms. The molecule has 25 heavy (non-hydrogen) atoms. The Morgan fingerprint density at radius 1 is 1.36 bits per heavy atom. The second-order valence-corrected chi connectivity index (χ2v) is 7.02. The lowest BCUT2D eigenvalue weighted by molar-refractivity contribution is -0.137. The molecule has 2 aliphatic heterocycles. The molecule has 2 aliphatic rings. The third kappa shape index (κ3) is 3.88. The number of likely N-dealkylation sites (tertiary alicyclic amines) is 1. The molecule has 136 valence electrons. The predicted octanol–water partition coefficient (Wildman–Crippen LogP) is 1.16. The molecule has 0 bridgehead atoms. The van der Waals surface area contributed by atoms with E-state index in [1.54, 1.807) is 12.1 Å². The molecule has 2 N–H and O–H groups in total. The molecule has 3 atom stereocenters. The van der Waals surface area contributed by atoms with Crippen LogP contribution in [0.3, 0.4) is 0 Å². The number of rotatable bonds is 3. The van der Waals surface area contributed by atoms with E-state index in [-0.39, 0.29) is 35.8 Å². The largest absolute Gasteiger partial charge is 0.391 e. The third-order valence-corrected chi connectivity index (χ3v) is 5.08. The fourth-order valence-electron chi connectivity index (χ4n) is 3.50. The number of aliphatic hydroxyl groups is 1. The van der Waals surface area contributed by atoms with Gasteiger partial charge in [0.05, 0.1) is 11.1 Å². The summed E-state index contributed by atoms with van der Waals surface area (Å²) in [7, 11) is 0. The Balaban J connectivity index is 1.60. The Morgan fingerprint density at radius 2 is 2.12 bits per heavy atom. The van der Waals surface area contributed by atoms with Crippen molar-refractivity contribution >= 4 is 29.1 Å². The standard InChI is InChI=1S/C17H21ClFN3O3/c1-10(23)22-9-13(24)7-16(22)17(25)20-11-4-5-21(8-11)12-2-3-15(19)14(18)6-12/h2-3,6,11,13,16,24H,4-5,7-9H2,1H3,(H,20,25)/t11?,13-,16+/m0/s1. The molecule has 0 radical (unpaired) electrons. The average molecular weight is 370 g/mol. The van der Waals surface area contributed by atoms with Gasteiger partial charge < -0.3 is 20.2 Å². The number of carbonyl (C=O) groups is 2. The highest BCUT2D eigenvalue weighted by atomic mass is 35.5. The zero-order chi connectivity index (χ0) is 18.1. The Hall–Kier alpha value is -1.86. The quantitative estimate of drug-likeness (QED) is 0.838. The van der Waals surface area contributed by atoms with Crippen molar-refractivity contribution in [1.29, 1.82) is 0 Å². The van der Waals surface area contributed by atoms with Gasteiger partial charge in [-0.15, -0.1) is 0 Å². The molecule has 0 saturated carbocycles. The van der Waals surface area contributed by atoms with Crippen molar-refractivity contribution in [2.45, 2.75) is 38.0 Å². The van der Waals surface area contributed by atoms with E-state index in [1.165, 1.54) is 17.9 Å². The van der Waals surface area contributed by atoms with Crippen molar-refractivity contribution < 1.29 is 19.1 Å². The lowest BCUT2D eigenvalue weighted by atomic mass is 10.1. The Bertz CT molecular complexity index is 687. The third-order valence-electron chi connectivity index (χ3n) is 4.79. The van der Waals surface area contributed by atoms with Crippen LogP contribution in [0.25, 0.3) is 0 Å². The van der Waals surface area contributed by atoms with Gasteiger partial charge in [0.25, 0.3) is 0 Å². The normalized spacial score (nSPS) is 26.2. The molecule has 0 aromatic heterocycles. The van der Waals surface area contributed by atoms with Crippen LogP contribution in [-0.4, -0.2) is 59.6 Å². The molecule has 2 heterocycles. The maximum absolute atomic E-state index is 13.3. The molecule has 1 unspecified atom stereocenters. The number of nitrogens with one attached hydrogen (secondary N) is 1. The monoisotopic (exact) mass is 369 g/mol. The summed E-state index contributed by atoms with van der Waals surface area (Å²) in [5.41, 5.74) is 0.810. The SMILES string of the molecule is CC(=O)N1C[C@@H](O)C[C@@H]1C(=O)NC1CCN(c2ccc(F)c(Cl)c2)C1. The van der Waals surface area contributed by atoms with Crippen molar-refractivity contribution in [3.8, 4) is 0 Å². The molecule has 6 nitrogen and oxygen atoms in total. The molecule has 2 saturated heterocycles.